The highest BCUT2D eigenvalue weighted by atomic mass is 16.3. The van der Waals surface area contributed by atoms with Gasteiger partial charge < -0.3 is 15.7 Å². The molecular formula is C22H23N7O2. The van der Waals surface area contributed by atoms with Crippen molar-refractivity contribution in [3.05, 3.63) is 59.7 Å². The Hall–Kier alpha value is -3.72. The van der Waals surface area contributed by atoms with Crippen LogP contribution in [0.25, 0.3) is 22.7 Å². The van der Waals surface area contributed by atoms with E-state index in [0.29, 0.717) is 11.3 Å². The molecule has 0 bridgehead atoms. The fraction of sp³-hybridized carbons (Fsp3) is 0.273. The summed E-state index contributed by atoms with van der Waals surface area (Å²) >= 11 is 0. The zero-order chi connectivity index (χ0) is 21.5. The summed E-state index contributed by atoms with van der Waals surface area (Å²) < 4.78 is 3.62. The second kappa shape index (κ2) is 7.51. The van der Waals surface area contributed by atoms with Gasteiger partial charge >= 0.3 is 0 Å². The number of carbonyl (C=O) groups is 1. The molecule has 5 heterocycles. The Kier molecular flexibility index (Phi) is 4.67. The van der Waals surface area contributed by atoms with E-state index in [9.17, 15) is 9.90 Å². The lowest BCUT2D eigenvalue weighted by Gasteiger charge is -2.11. The zero-order valence-corrected chi connectivity index (χ0v) is 17.3. The number of aryl methyl sites for hydroxylation is 1. The predicted molar refractivity (Wildman–Crippen MR) is 116 cm³/mol. The van der Waals surface area contributed by atoms with Crippen molar-refractivity contribution < 1.29 is 9.90 Å². The van der Waals surface area contributed by atoms with Gasteiger partial charge in [0.1, 0.15) is 11.3 Å². The van der Waals surface area contributed by atoms with Crippen LogP contribution < -0.4 is 10.6 Å². The van der Waals surface area contributed by atoms with Crippen molar-refractivity contribution in [2.75, 3.05) is 18.4 Å². The maximum absolute atomic E-state index is 12.6. The summed E-state index contributed by atoms with van der Waals surface area (Å²) in [5, 5.41) is 20.3. The number of imidazole rings is 1. The largest absolute Gasteiger partial charge is 0.392 e. The molecule has 5 rings (SSSR count). The van der Waals surface area contributed by atoms with Crippen LogP contribution in [-0.4, -0.2) is 54.4 Å². The molecule has 158 valence electrons. The monoisotopic (exact) mass is 417 g/mol. The summed E-state index contributed by atoms with van der Waals surface area (Å²) in [7, 11) is 0. The van der Waals surface area contributed by atoms with Crippen LogP contribution in [-0.2, 0) is 6.42 Å². The summed E-state index contributed by atoms with van der Waals surface area (Å²) in [5.74, 6) is 1.32. The Labute approximate surface area is 178 Å². The molecule has 0 fully saturated rings. The van der Waals surface area contributed by atoms with Crippen LogP contribution >= 0.6 is 0 Å². The Balaban J connectivity index is 1.63. The van der Waals surface area contributed by atoms with Crippen molar-refractivity contribution in [3.8, 4) is 17.1 Å². The molecule has 0 spiro atoms. The second-order valence-corrected chi connectivity index (χ2v) is 7.75. The number of amides is 1. The van der Waals surface area contributed by atoms with Gasteiger partial charge in [-0.3, -0.25) is 9.20 Å². The molecule has 1 aliphatic heterocycles. The molecule has 4 aromatic rings. The summed E-state index contributed by atoms with van der Waals surface area (Å²) in [6.45, 7) is 4.60. The number of aliphatic hydroxyl groups is 1. The number of carbonyl (C=O) groups excluding carboxylic acids is 1. The Morgan fingerprint density at radius 2 is 2.19 bits per heavy atom. The Morgan fingerprint density at radius 3 is 3.00 bits per heavy atom. The lowest BCUT2D eigenvalue weighted by molar-refractivity contribution is 0.0918. The maximum Gasteiger partial charge on any atom is 0.270 e. The van der Waals surface area contributed by atoms with Gasteiger partial charge in [0.05, 0.1) is 18.0 Å². The van der Waals surface area contributed by atoms with Crippen LogP contribution in [0.15, 0.2) is 42.7 Å². The van der Waals surface area contributed by atoms with E-state index in [1.807, 2.05) is 48.1 Å². The number of nitrogens with zero attached hydrogens (tertiary/aromatic N) is 5. The molecule has 1 unspecified atom stereocenters. The van der Waals surface area contributed by atoms with E-state index in [4.69, 9.17) is 5.10 Å². The van der Waals surface area contributed by atoms with Gasteiger partial charge in [0.25, 0.3) is 5.91 Å². The highest BCUT2D eigenvalue weighted by molar-refractivity contribution is 5.93. The minimum Gasteiger partial charge on any atom is -0.392 e. The molecule has 1 amide bonds. The Morgan fingerprint density at radius 1 is 1.32 bits per heavy atom. The number of rotatable bonds is 5. The molecule has 0 saturated heterocycles. The van der Waals surface area contributed by atoms with Crippen LogP contribution in [0, 0.1) is 6.92 Å². The van der Waals surface area contributed by atoms with E-state index in [2.05, 4.69) is 20.6 Å². The lowest BCUT2D eigenvalue weighted by Crippen LogP contribution is -2.31. The van der Waals surface area contributed by atoms with Crippen LogP contribution in [0.3, 0.4) is 0 Å². The highest BCUT2D eigenvalue weighted by Gasteiger charge is 2.25. The minimum absolute atomic E-state index is 0.177. The number of pyridine rings is 2. The quantitative estimate of drug-likeness (QED) is 0.458. The standard InChI is InChI=1S/C22H23N7O2/c1-13-4-3-5-19(26-13)29-20(16-8-9-23-21(16)27-29)15-6-7-18-24-11-17(28(18)12-15)22(31)25-10-14(2)30/h3-7,11-12,14,30H,8-10H2,1-2H3,(H,23,27)(H,25,31). The van der Waals surface area contributed by atoms with E-state index in [1.165, 1.54) is 0 Å². The van der Waals surface area contributed by atoms with Gasteiger partial charge in [-0.15, -0.1) is 5.10 Å². The van der Waals surface area contributed by atoms with Gasteiger partial charge in [-0.2, -0.15) is 0 Å². The number of hydrogen-bond donors (Lipinski definition) is 3. The first kappa shape index (κ1) is 19.3. The van der Waals surface area contributed by atoms with E-state index in [0.717, 1.165) is 47.1 Å². The van der Waals surface area contributed by atoms with Crippen molar-refractivity contribution in [2.24, 2.45) is 0 Å². The molecule has 0 radical (unpaired) electrons. The number of aromatic nitrogens is 5. The number of aliphatic hydroxyl groups excluding tert-OH is 1. The minimum atomic E-state index is -0.620. The van der Waals surface area contributed by atoms with Crippen molar-refractivity contribution in [1.29, 1.82) is 0 Å². The van der Waals surface area contributed by atoms with Gasteiger partial charge in [-0.25, -0.2) is 14.6 Å². The van der Waals surface area contributed by atoms with Crippen LogP contribution in [0.4, 0.5) is 5.82 Å². The molecule has 0 aromatic carbocycles. The van der Waals surface area contributed by atoms with Gasteiger partial charge in [0, 0.05) is 36.1 Å². The normalized spacial score (nSPS) is 13.8. The molecule has 3 N–H and O–H groups in total. The first-order valence-corrected chi connectivity index (χ1v) is 10.2. The molecule has 31 heavy (non-hydrogen) atoms. The third-order valence-electron chi connectivity index (χ3n) is 5.31. The van der Waals surface area contributed by atoms with Gasteiger partial charge in [0.2, 0.25) is 0 Å². The van der Waals surface area contributed by atoms with Crippen LogP contribution in [0.2, 0.25) is 0 Å². The highest BCUT2D eigenvalue weighted by Crippen LogP contribution is 2.34. The summed E-state index contributed by atoms with van der Waals surface area (Å²) in [4.78, 5) is 21.6. The van der Waals surface area contributed by atoms with Crippen LogP contribution in [0.1, 0.15) is 28.7 Å². The average Bonchev–Trinajstić information content (AvgIpc) is 3.45. The predicted octanol–water partition coefficient (Wildman–Crippen LogP) is 1.97. The van der Waals surface area contributed by atoms with Gasteiger partial charge in [-0.1, -0.05) is 6.07 Å². The third kappa shape index (κ3) is 3.42. The fourth-order valence-corrected chi connectivity index (χ4v) is 3.86. The van der Waals surface area contributed by atoms with E-state index < -0.39 is 6.10 Å². The SMILES string of the molecule is Cc1cccc(-n2nc3c(c2-c2ccc4ncc(C(=O)NCC(C)O)n4c2)CCN3)n1. The number of hydrogen-bond acceptors (Lipinski definition) is 6. The van der Waals surface area contributed by atoms with Crippen molar-refractivity contribution >= 4 is 17.4 Å². The summed E-state index contributed by atoms with van der Waals surface area (Å²) in [5.41, 5.74) is 4.98. The topological polar surface area (TPSA) is 109 Å². The molecule has 4 aromatic heterocycles. The zero-order valence-electron chi connectivity index (χ0n) is 17.3. The molecular weight excluding hydrogens is 394 g/mol. The molecule has 0 saturated carbocycles. The van der Waals surface area contributed by atoms with Crippen molar-refractivity contribution in [2.45, 2.75) is 26.4 Å². The smallest absolute Gasteiger partial charge is 0.270 e. The van der Waals surface area contributed by atoms with Gasteiger partial charge in [-0.05, 0) is 44.5 Å². The summed E-state index contributed by atoms with van der Waals surface area (Å²) in [6.07, 6.45) is 3.69. The van der Waals surface area contributed by atoms with Crippen molar-refractivity contribution in [3.63, 3.8) is 0 Å². The van der Waals surface area contributed by atoms with Gasteiger partial charge in [0.15, 0.2) is 11.6 Å². The first-order chi connectivity index (χ1) is 15.0. The fourth-order valence-electron chi connectivity index (χ4n) is 3.86. The van der Waals surface area contributed by atoms with E-state index in [1.54, 1.807) is 17.5 Å². The number of anilines is 1. The maximum atomic E-state index is 12.6. The molecule has 1 atom stereocenters. The number of nitrogens with one attached hydrogen (secondary N) is 2. The first-order valence-electron chi connectivity index (χ1n) is 10.2. The van der Waals surface area contributed by atoms with Crippen LogP contribution in [0.5, 0.6) is 0 Å². The molecule has 9 heteroatoms. The lowest BCUT2D eigenvalue weighted by atomic mass is 10.1. The summed E-state index contributed by atoms with van der Waals surface area (Å²) in [6, 6.07) is 9.72. The van der Waals surface area contributed by atoms with E-state index in [-0.39, 0.29) is 12.5 Å². The Bertz CT molecular complexity index is 1290. The molecule has 1 aliphatic rings. The van der Waals surface area contributed by atoms with E-state index >= 15 is 0 Å². The van der Waals surface area contributed by atoms with Crippen molar-refractivity contribution in [1.82, 2.24) is 29.5 Å². The average molecular weight is 417 g/mol. The third-order valence-corrected chi connectivity index (χ3v) is 5.31. The second-order valence-electron chi connectivity index (χ2n) is 7.75. The molecule has 0 aliphatic carbocycles. The molecule has 9 nitrogen and oxygen atoms in total. The number of fused-ring (bicyclic) bond motifs is 2.